The fourth-order valence-electron chi connectivity index (χ4n) is 2.98. The van der Waals surface area contributed by atoms with Crippen LogP contribution in [0.25, 0.3) is 11.0 Å². The molecule has 0 N–H and O–H groups in total. The minimum absolute atomic E-state index is 0.0263. The highest BCUT2D eigenvalue weighted by Crippen LogP contribution is 2.24. The van der Waals surface area contributed by atoms with Crippen molar-refractivity contribution in [2.24, 2.45) is 0 Å². The molecule has 0 aliphatic carbocycles. The fourth-order valence-corrected chi connectivity index (χ4v) is 2.98. The Kier molecular flexibility index (Phi) is 6.01. The molecular weight excluding hydrogens is 380 g/mol. The summed E-state index contributed by atoms with van der Waals surface area (Å²) in [4.78, 5) is 36.0. The zero-order chi connectivity index (χ0) is 21.0. The van der Waals surface area contributed by atoms with Gasteiger partial charge in [0.25, 0.3) is 0 Å². The van der Waals surface area contributed by atoms with Crippen LogP contribution in [0.15, 0.2) is 44.2 Å². The van der Waals surface area contributed by atoms with Crippen molar-refractivity contribution >= 4 is 22.9 Å². The Labute approximate surface area is 166 Å². The quantitative estimate of drug-likeness (QED) is 0.440. The van der Waals surface area contributed by atoms with Crippen LogP contribution in [0, 0.1) is 6.92 Å². The summed E-state index contributed by atoms with van der Waals surface area (Å²) in [5.74, 6) is -0.335. The molecule has 0 spiro atoms. The van der Waals surface area contributed by atoms with Gasteiger partial charge in [-0.05, 0) is 37.1 Å². The number of hydrogen-bond donors (Lipinski definition) is 0. The Bertz CT molecular complexity index is 1110. The molecule has 3 aromatic rings. The smallest absolute Gasteiger partial charge is 0.341 e. The van der Waals surface area contributed by atoms with Crippen molar-refractivity contribution in [2.45, 2.75) is 26.4 Å². The Morgan fingerprint density at radius 1 is 1.14 bits per heavy atom. The SMILES string of the molecule is COC(=O)c1ccoc1COC(=O)CCc1c(C)c2ccc(OC)cc2oc1=O. The summed E-state index contributed by atoms with van der Waals surface area (Å²) in [5, 5.41) is 0.770. The minimum Gasteiger partial charge on any atom is -0.497 e. The third-order valence-corrected chi connectivity index (χ3v) is 4.59. The highest BCUT2D eigenvalue weighted by Gasteiger charge is 2.18. The number of methoxy groups -OCH3 is 2. The van der Waals surface area contributed by atoms with Gasteiger partial charge in [0.1, 0.15) is 23.5 Å². The molecule has 29 heavy (non-hydrogen) atoms. The van der Waals surface area contributed by atoms with E-state index >= 15 is 0 Å². The van der Waals surface area contributed by atoms with E-state index in [-0.39, 0.29) is 30.8 Å². The number of hydrogen-bond acceptors (Lipinski definition) is 8. The third-order valence-electron chi connectivity index (χ3n) is 4.59. The van der Waals surface area contributed by atoms with Crippen molar-refractivity contribution in [1.29, 1.82) is 0 Å². The lowest BCUT2D eigenvalue weighted by atomic mass is 10.0. The second kappa shape index (κ2) is 8.64. The maximum atomic E-state index is 12.3. The largest absolute Gasteiger partial charge is 0.497 e. The highest BCUT2D eigenvalue weighted by atomic mass is 16.5. The van der Waals surface area contributed by atoms with Crippen LogP contribution in [-0.4, -0.2) is 26.2 Å². The predicted octanol–water partition coefficient (Wildman–Crippen LogP) is 3.17. The van der Waals surface area contributed by atoms with Crippen molar-refractivity contribution < 1.29 is 32.6 Å². The van der Waals surface area contributed by atoms with E-state index in [9.17, 15) is 14.4 Å². The highest BCUT2D eigenvalue weighted by molar-refractivity contribution is 5.90. The summed E-state index contributed by atoms with van der Waals surface area (Å²) < 4.78 is 25.4. The summed E-state index contributed by atoms with van der Waals surface area (Å²) in [5.41, 5.74) is 1.27. The number of benzene rings is 1. The van der Waals surface area contributed by atoms with Crippen molar-refractivity contribution in [3.63, 3.8) is 0 Å². The van der Waals surface area contributed by atoms with E-state index in [0.29, 0.717) is 16.9 Å². The second-order valence-electron chi connectivity index (χ2n) is 6.26. The van der Waals surface area contributed by atoms with E-state index in [1.54, 1.807) is 25.1 Å². The standard InChI is InChI=1S/C21H20O8/c1-12-14-5-4-13(25-2)10-17(14)29-21(24)15(12)6-7-19(22)28-11-18-16(8-9-27-18)20(23)26-3/h4-5,8-10H,6-7,11H2,1-3H3. The molecule has 0 atom stereocenters. The van der Waals surface area contributed by atoms with Crippen LogP contribution in [0.5, 0.6) is 5.75 Å². The van der Waals surface area contributed by atoms with Crippen LogP contribution in [0.4, 0.5) is 0 Å². The number of fused-ring (bicyclic) bond motifs is 1. The number of esters is 2. The van der Waals surface area contributed by atoms with Gasteiger partial charge in [-0.25, -0.2) is 9.59 Å². The lowest BCUT2D eigenvalue weighted by Crippen LogP contribution is -2.14. The van der Waals surface area contributed by atoms with E-state index in [2.05, 4.69) is 4.74 Å². The van der Waals surface area contributed by atoms with Crippen LogP contribution in [-0.2, 0) is 27.3 Å². The monoisotopic (exact) mass is 400 g/mol. The van der Waals surface area contributed by atoms with Crippen molar-refractivity contribution in [2.75, 3.05) is 14.2 Å². The van der Waals surface area contributed by atoms with E-state index in [4.69, 9.17) is 18.3 Å². The first-order valence-electron chi connectivity index (χ1n) is 8.85. The van der Waals surface area contributed by atoms with Gasteiger partial charge in [-0.15, -0.1) is 0 Å². The Morgan fingerprint density at radius 2 is 1.93 bits per heavy atom. The molecule has 0 radical (unpaired) electrons. The molecule has 0 aliphatic heterocycles. The average molecular weight is 400 g/mol. The van der Waals surface area contributed by atoms with Crippen molar-refractivity contribution in [3.8, 4) is 5.75 Å². The van der Waals surface area contributed by atoms with Crippen LogP contribution in [0.1, 0.15) is 33.7 Å². The van der Waals surface area contributed by atoms with Crippen LogP contribution in [0.2, 0.25) is 0 Å². The molecule has 0 aliphatic rings. The summed E-state index contributed by atoms with van der Waals surface area (Å²) in [6, 6.07) is 6.66. The number of furan rings is 1. The summed E-state index contributed by atoms with van der Waals surface area (Å²) >= 11 is 0. The van der Waals surface area contributed by atoms with Gasteiger partial charge >= 0.3 is 17.6 Å². The molecule has 0 amide bonds. The van der Waals surface area contributed by atoms with Gasteiger partial charge in [0, 0.05) is 23.4 Å². The van der Waals surface area contributed by atoms with E-state index in [0.717, 1.165) is 10.9 Å². The number of aryl methyl sites for hydroxylation is 1. The molecule has 0 bridgehead atoms. The average Bonchev–Trinajstić information content (AvgIpc) is 3.19. The molecular formula is C21H20O8. The van der Waals surface area contributed by atoms with Crippen LogP contribution < -0.4 is 10.4 Å². The fraction of sp³-hybridized carbons (Fsp3) is 0.286. The zero-order valence-electron chi connectivity index (χ0n) is 16.3. The van der Waals surface area contributed by atoms with E-state index < -0.39 is 17.6 Å². The van der Waals surface area contributed by atoms with Gasteiger partial charge in [0.15, 0.2) is 5.76 Å². The lowest BCUT2D eigenvalue weighted by molar-refractivity contribution is -0.145. The molecule has 3 rings (SSSR count). The van der Waals surface area contributed by atoms with E-state index in [1.807, 2.05) is 0 Å². The summed E-state index contributed by atoms with van der Waals surface area (Å²) in [6.45, 7) is 1.60. The molecule has 1 aromatic carbocycles. The Balaban J connectivity index is 1.67. The lowest BCUT2D eigenvalue weighted by Gasteiger charge is -2.09. The first-order chi connectivity index (χ1) is 13.9. The van der Waals surface area contributed by atoms with Gasteiger partial charge in [0.2, 0.25) is 0 Å². The van der Waals surface area contributed by atoms with Gasteiger partial charge in [-0.2, -0.15) is 0 Å². The molecule has 152 valence electrons. The summed E-state index contributed by atoms with van der Waals surface area (Å²) in [6.07, 6.45) is 1.45. The number of carbonyl (C=O) groups is 2. The Morgan fingerprint density at radius 3 is 2.66 bits per heavy atom. The van der Waals surface area contributed by atoms with Crippen molar-refractivity contribution in [3.05, 3.63) is 63.4 Å². The number of rotatable bonds is 7. The van der Waals surface area contributed by atoms with Gasteiger partial charge in [-0.3, -0.25) is 4.79 Å². The van der Waals surface area contributed by atoms with Crippen molar-refractivity contribution in [1.82, 2.24) is 0 Å². The molecule has 0 unspecified atom stereocenters. The molecule has 8 heteroatoms. The third kappa shape index (κ3) is 4.31. The maximum Gasteiger partial charge on any atom is 0.341 e. The molecule has 2 heterocycles. The predicted molar refractivity (Wildman–Crippen MR) is 102 cm³/mol. The topological polar surface area (TPSA) is 105 Å². The first kappa shape index (κ1) is 20.2. The molecule has 8 nitrogen and oxygen atoms in total. The van der Waals surface area contributed by atoms with Gasteiger partial charge in [0.05, 0.1) is 20.5 Å². The Hall–Kier alpha value is -3.55. The van der Waals surface area contributed by atoms with E-state index in [1.165, 1.54) is 26.5 Å². The molecule has 0 saturated heterocycles. The molecule has 0 saturated carbocycles. The van der Waals surface area contributed by atoms with Gasteiger partial charge < -0.3 is 23.0 Å². The molecule has 2 aromatic heterocycles. The summed E-state index contributed by atoms with van der Waals surface area (Å²) in [7, 11) is 2.78. The number of carbonyl (C=O) groups excluding carboxylic acids is 2. The minimum atomic E-state index is -0.578. The normalized spacial score (nSPS) is 10.7. The van der Waals surface area contributed by atoms with Gasteiger partial charge in [-0.1, -0.05) is 0 Å². The second-order valence-corrected chi connectivity index (χ2v) is 6.26. The number of ether oxygens (including phenoxy) is 3. The van der Waals surface area contributed by atoms with Crippen LogP contribution >= 0.6 is 0 Å². The zero-order valence-corrected chi connectivity index (χ0v) is 16.3. The van der Waals surface area contributed by atoms with Crippen LogP contribution in [0.3, 0.4) is 0 Å². The maximum absolute atomic E-state index is 12.3. The first-order valence-corrected chi connectivity index (χ1v) is 8.85. The molecule has 0 fully saturated rings.